The summed E-state index contributed by atoms with van der Waals surface area (Å²) in [5, 5.41) is 17.9. The summed E-state index contributed by atoms with van der Waals surface area (Å²) in [5.74, 6) is 1.64. The summed E-state index contributed by atoms with van der Waals surface area (Å²) in [6.45, 7) is 20.7. The van der Waals surface area contributed by atoms with Crippen molar-refractivity contribution in [2.24, 2.45) is 11.8 Å². The minimum absolute atomic E-state index is 0. The first-order valence-electron chi connectivity index (χ1n) is 18.5. The lowest BCUT2D eigenvalue weighted by Gasteiger charge is -2.59. The number of benzene rings is 3. The van der Waals surface area contributed by atoms with E-state index in [0.29, 0.717) is 11.8 Å². The lowest BCUT2D eigenvalue weighted by atomic mass is 9.70. The third-order valence-corrected chi connectivity index (χ3v) is 11.6. The minimum atomic E-state index is -0.534. The van der Waals surface area contributed by atoms with Crippen LogP contribution in [0.3, 0.4) is 0 Å². The van der Waals surface area contributed by atoms with Gasteiger partial charge in [-0.2, -0.15) is 0 Å². The van der Waals surface area contributed by atoms with Gasteiger partial charge in [0.05, 0.1) is 38.4 Å². The van der Waals surface area contributed by atoms with Crippen LogP contribution in [0.5, 0.6) is 5.75 Å². The Morgan fingerprint density at radius 3 is 2.31 bits per heavy atom. The van der Waals surface area contributed by atoms with Gasteiger partial charge in [-0.05, 0) is 75.4 Å². The normalized spacial score (nSPS) is 22.6. The molecule has 4 aromatic rings. The number of rotatable bonds is 10. The summed E-state index contributed by atoms with van der Waals surface area (Å²) in [5.41, 5.74) is 6.80. The smallest absolute Gasteiger partial charge is 0.316 e. The molecule has 6 atom stereocenters. The number of piperidine rings is 3. The third-order valence-electron chi connectivity index (χ3n) is 11.6. The van der Waals surface area contributed by atoms with E-state index in [0.717, 1.165) is 64.7 Å². The number of ether oxygens (including phenoxy) is 1. The van der Waals surface area contributed by atoms with E-state index < -0.39 is 6.04 Å². The number of quaternary nitrogens is 1. The quantitative estimate of drug-likeness (QED) is 0.147. The fourth-order valence-electron chi connectivity index (χ4n) is 8.60. The highest BCUT2D eigenvalue weighted by molar-refractivity contribution is 5.85. The van der Waals surface area contributed by atoms with Crippen molar-refractivity contribution < 1.29 is 36.1 Å². The number of hydrogen-bond donors (Lipinski definition) is 3. The Kier molecular flexibility index (Phi) is 11.9. The van der Waals surface area contributed by atoms with Gasteiger partial charge in [-0.1, -0.05) is 84.0 Å². The Morgan fingerprint density at radius 2 is 1.69 bits per heavy atom. The largest absolute Gasteiger partial charge is 1.00 e. The SMILES string of the molecule is C=C[C@H]1C[N@+]2(Cc3cc(C(C)(C)C)cc(C(C)(C)C)c3)CC[C@H]1C[C@H]2[C@@H](NC(=O)N[C@H](CO)c1ccccc1)c1ccnc2ccc(OC)cc12.[Br-]. The maximum atomic E-state index is 14.2. The summed E-state index contributed by atoms with van der Waals surface area (Å²) in [6.07, 6.45) is 6.12. The van der Waals surface area contributed by atoms with Crippen molar-refractivity contribution in [2.75, 3.05) is 26.8 Å². The minimum Gasteiger partial charge on any atom is -1.00 e. The van der Waals surface area contributed by atoms with Crippen molar-refractivity contribution in [3.05, 3.63) is 119 Å². The zero-order valence-corrected chi connectivity index (χ0v) is 33.5. The summed E-state index contributed by atoms with van der Waals surface area (Å²) >= 11 is 0. The van der Waals surface area contributed by atoms with E-state index >= 15 is 0 Å². The van der Waals surface area contributed by atoms with Crippen molar-refractivity contribution in [3.63, 3.8) is 0 Å². The molecule has 7 rings (SSSR count). The number of aliphatic hydroxyl groups excluding tert-OH is 1. The second-order valence-corrected chi connectivity index (χ2v) is 17.0. The van der Waals surface area contributed by atoms with Crippen LogP contribution in [-0.2, 0) is 17.4 Å². The second kappa shape index (κ2) is 15.7. The van der Waals surface area contributed by atoms with Crippen molar-refractivity contribution >= 4 is 16.9 Å². The van der Waals surface area contributed by atoms with Gasteiger partial charge in [0.25, 0.3) is 0 Å². The zero-order chi connectivity index (χ0) is 36.6. The predicted octanol–water partition coefficient (Wildman–Crippen LogP) is 5.53. The van der Waals surface area contributed by atoms with E-state index in [9.17, 15) is 9.90 Å². The van der Waals surface area contributed by atoms with E-state index in [1.165, 1.54) is 16.7 Å². The molecule has 4 heterocycles. The molecule has 3 N–H and O–H groups in total. The van der Waals surface area contributed by atoms with Crippen molar-refractivity contribution in [3.8, 4) is 5.75 Å². The first-order valence-corrected chi connectivity index (χ1v) is 18.5. The molecule has 3 fully saturated rings. The summed E-state index contributed by atoms with van der Waals surface area (Å²) < 4.78 is 6.54. The molecule has 3 aliphatic rings. The van der Waals surface area contributed by atoms with E-state index in [1.807, 2.05) is 54.7 Å². The average molecular weight is 770 g/mol. The maximum absolute atomic E-state index is 14.2. The number of nitrogens with zero attached hydrogens (tertiary/aromatic N) is 2. The van der Waals surface area contributed by atoms with Gasteiger partial charge in [0, 0.05) is 35.9 Å². The summed E-state index contributed by atoms with van der Waals surface area (Å²) in [7, 11) is 1.68. The number of pyridine rings is 1. The van der Waals surface area contributed by atoms with Crippen LogP contribution in [0.2, 0.25) is 0 Å². The highest BCUT2D eigenvalue weighted by Crippen LogP contribution is 2.48. The molecule has 2 amide bonds. The molecule has 0 aliphatic carbocycles. The second-order valence-electron chi connectivity index (χ2n) is 17.0. The lowest BCUT2D eigenvalue weighted by molar-refractivity contribution is -0.983. The molecule has 3 aliphatic heterocycles. The molecule has 2 bridgehead atoms. The number of halogens is 1. The molecule has 0 unspecified atom stereocenters. The molecule has 0 radical (unpaired) electrons. The zero-order valence-electron chi connectivity index (χ0n) is 32.0. The number of hydrogen-bond acceptors (Lipinski definition) is 4. The Morgan fingerprint density at radius 1 is 1.00 bits per heavy atom. The molecule has 8 heteroatoms. The molecule has 3 aromatic carbocycles. The molecular weight excluding hydrogens is 712 g/mol. The average Bonchev–Trinajstić information content (AvgIpc) is 3.12. The Bertz CT molecular complexity index is 1840. The first kappa shape index (κ1) is 39.5. The molecule has 3 saturated heterocycles. The maximum Gasteiger partial charge on any atom is 0.316 e. The lowest BCUT2D eigenvalue weighted by Crippen LogP contribution is -3.00. The first-order chi connectivity index (χ1) is 24.2. The van der Waals surface area contributed by atoms with E-state index in [1.54, 1.807) is 7.11 Å². The molecule has 7 nitrogen and oxygen atoms in total. The van der Waals surface area contributed by atoms with Gasteiger partial charge in [-0.25, -0.2) is 4.79 Å². The summed E-state index contributed by atoms with van der Waals surface area (Å²) in [4.78, 5) is 18.9. The number of carbonyl (C=O) groups is 1. The number of methoxy groups -OCH3 is 1. The number of fused-ring (bicyclic) bond motifs is 4. The van der Waals surface area contributed by atoms with Gasteiger partial charge in [-0.15, -0.1) is 6.58 Å². The van der Waals surface area contributed by atoms with Crippen LogP contribution in [-0.4, -0.2) is 53.5 Å². The Labute approximate surface area is 321 Å². The van der Waals surface area contributed by atoms with Gasteiger partial charge >= 0.3 is 6.03 Å². The molecule has 0 saturated carbocycles. The van der Waals surface area contributed by atoms with Crippen LogP contribution < -0.4 is 32.4 Å². The fourth-order valence-corrected chi connectivity index (χ4v) is 8.60. The van der Waals surface area contributed by atoms with Crippen LogP contribution in [0, 0.1) is 11.8 Å². The highest BCUT2D eigenvalue weighted by atomic mass is 79.9. The van der Waals surface area contributed by atoms with Gasteiger partial charge in [-0.3, -0.25) is 4.98 Å². The highest BCUT2D eigenvalue weighted by Gasteiger charge is 2.54. The van der Waals surface area contributed by atoms with Crippen LogP contribution in [0.25, 0.3) is 10.9 Å². The number of nitrogens with one attached hydrogen (secondary N) is 2. The molecule has 0 spiro atoms. The molecule has 278 valence electrons. The van der Waals surface area contributed by atoms with Crippen molar-refractivity contribution in [1.29, 1.82) is 0 Å². The standard InChI is InChI=1S/C44H56N4O3.BrH/c1-9-30-27-48(26-29-21-33(43(2,3)4)24-34(22-29)44(5,6)7)20-18-32(30)23-40(48)41(36-17-19-45-38-16-15-35(51-8)25-37(36)38)47-42(50)46-39(28-49)31-13-11-10-12-14-31;/h9-17,19,21-22,24-25,30,32,39-41,49H,1,18,20,23,26-28H2,2-8H3,(H-,46,47,50);1H/t30-,32-,39+,40-,41-,48+;/m0./s1. The van der Waals surface area contributed by atoms with Gasteiger partial charge < -0.3 is 41.9 Å². The van der Waals surface area contributed by atoms with Gasteiger partial charge in [0.2, 0.25) is 0 Å². The predicted molar refractivity (Wildman–Crippen MR) is 207 cm³/mol. The van der Waals surface area contributed by atoms with Crippen LogP contribution in [0.1, 0.15) is 94.3 Å². The number of amides is 2. The van der Waals surface area contributed by atoms with E-state index in [-0.39, 0.29) is 52.5 Å². The molecule has 52 heavy (non-hydrogen) atoms. The van der Waals surface area contributed by atoms with Crippen molar-refractivity contribution in [2.45, 2.75) is 89.9 Å². The Hall–Kier alpha value is -3.72. The number of urea groups is 1. The summed E-state index contributed by atoms with van der Waals surface area (Å²) in [6, 6.07) is 23.8. The number of aliphatic hydroxyl groups is 1. The van der Waals surface area contributed by atoms with Crippen molar-refractivity contribution in [1.82, 2.24) is 15.6 Å². The van der Waals surface area contributed by atoms with Crippen LogP contribution in [0.15, 0.2) is 91.6 Å². The van der Waals surface area contributed by atoms with E-state index in [2.05, 4.69) is 89.1 Å². The molecule has 1 aromatic heterocycles. The fraction of sp³-hybridized carbons (Fsp3) is 0.455. The topological polar surface area (TPSA) is 83.5 Å². The number of carbonyl (C=O) groups excluding carboxylic acids is 1. The Balaban J connectivity index is 0.00000523. The third kappa shape index (κ3) is 8.24. The number of aromatic nitrogens is 1. The van der Waals surface area contributed by atoms with E-state index in [4.69, 9.17) is 9.72 Å². The van der Waals surface area contributed by atoms with Crippen LogP contribution in [0.4, 0.5) is 4.79 Å². The van der Waals surface area contributed by atoms with Crippen LogP contribution >= 0.6 is 0 Å². The monoisotopic (exact) mass is 768 g/mol. The molecular formula is C44H57BrN4O3. The van der Waals surface area contributed by atoms with Gasteiger partial charge in [0.15, 0.2) is 0 Å². The van der Waals surface area contributed by atoms with Gasteiger partial charge in [0.1, 0.15) is 24.4 Å².